The van der Waals surface area contributed by atoms with Gasteiger partial charge >= 0.3 is 6.09 Å². The lowest BCUT2D eigenvalue weighted by molar-refractivity contribution is 0.0168. The molecule has 0 aromatic heterocycles. The van der Waals surface area contributed by atoms with E-state index in [1.54, 1.807) is 12.0 Å². The average molecular weight is 297 g/mol. The molecule has 0 N–H and O–H groups in total. The van der Waals surface area contributed by atoms with Gasteiger partial charge in [0.2, 0.25) is 0 Å². The Morgan fingerprint density at radius 1 is 1.30 bits per heavy atom. The minimum Gasteiger partial charge on any atom is -0.444 e. The minimum absolute atomic E-state index is 0.286. The lowest BCUT2D eigenvalue weighted by Crippen LogP contribution is -2.39. The maximum absolute atomic E-state index is 12.1. The Balaban J connectivity index is 2.77. The van der Waals surface area contributed by atoms with Gasteiger partial charge in [-0.25, -0.2) is 4.79 Å². The van der Waals surface area contributed by atoms with Gasteiger partial charge in [-0.3, -0.25) is 0 Å². The first-order chi connectivity index (χ1) is 8.96. The molecule has 0 saturated carbocycles. The molecule has 20 heavy (non-hydrogen) atoms. The van der Waals surface area contributed by atoms with Crippen molar-refractivity contribution in [3.63, 3.8) is 0 Å². The van der Waals surface area contributed by atoms with Crippen molar-refractivity contribution in [3.8, 4) is 11.5 Å². The Hall–Kier alpha value is -0.993. The monoisotopic (exact) mass is 297 g/mol. The lowest BCUT2D eigenvalue weighted by atomic mass is 10.1. The Bertz CT molecular complexity index is 425. The van der Waals surface area contributed by atoms with Gasteiger partial charge in [-0.2, -0.15) is 0 Å². The highest BCUT2D eigenvalue weighted by Gasteiger charge is 2.40. The lowest BCUT2D eigenvalue weighted by Gasteiger charge is -2.26. The quantitative estimate of drug-likeness (QED) is 0.552. The van der Waals surface area contributed by atoms with Gasteiger partial charge in [0.15, 0.2) is 0 Å². The number of hydrogen-bond donors (Lipinski definition) is 0. The molecule has 0 radical (unpaired) electrons. The van der Waals surface area contributed by atoms with Gasteiger partial charge in [0.1, 0.15) is 19.3 Å². The van der Waals surface area contributed by atoms with E-state index in [0.29, 0.717) is 13.1 Å². The summed E-state index contributed by atoms with van der Waals surface area (Å²) >= 11 is 0. The number of amides is 1. The number of hydrogen-bond acceptors (Lipinski definition) is 3. The van der Waals surface area contributed by atoms with E-state index < -0.39 is 19.3 Å². The Kier molecular flexibility index (Phi) is 4.93. The fourth-order valence-corrected chi connectivity index (χ4v) is 2.49. The van der Waals surface area contributed by atoms with Crippen LogP contribution in [-0.4, -0.2) is 50.5 Å². The van der Waals surface area contributed by atoms with E-state index in [2.05, 4.69) is 31.1 Å². The van der Waals surface area contributed by atoms with Crippen molar-refractivity contribution in [1.29, 1.82) is 0 Å². The summed E-state index contributed by atoms with van der Waals surface area (Å²) in [6, 6.07) is 0. The SMILES string of the molecule is COC1(C#C[Si](C)(C)C)CCN(C(=O)OC(C)(C)C)C1. The van der Waals surface area contributed by atoms with E-state index >= 15 is 0 Å². The zero-order valence-electron chi connectivity index (χ0n) is 13.8. The predicted molar refractivity (Wildman–Crippen MR) is 83.3 cm³/mol. The standard InChI is InChI=1S/C15H27NO3Si/c1-14(2,3)19-13(17)16-10-8-15(12-16,18-4)9-11-20(5,6)7/h8,10,12H2,1-7H3. The molecule has 114 valence electrons. The van der Waals surface area contributed by atoms with Crippen LogP contribution in [-0.2, 0) is 9.47 Å². The number of methoxy groups -OCH3 is 1. The second-order valence-corrected chi connectivity index (χ2v) is 12.1. The summed E-state index contributed by atoms with van der Waals surface area (Å²) < 4.78 is 11.0. The molecule has 1 atom stereocenters. The third-order valence-corrected chi connectivity index (χ3v) is 3.81. The van der Waals surface area contributed by atoms with Crippen molar-refractivity contribution < 1.29 is 14.3 Å². The van der Waals surface area contributed by atoms with Crippen molar-refractivity contribution in [1.82, 2.24) is 4.90 Å². The van der Waals surface area contributed by atoms with E-state index in [0.717, 1.165) is 6.42 Å². The Labute approximate surface area is 123 Å². The first-order valence-electron chi connectivity index (χ1n) is 7.04. The molecule has 0 aromatic rings. The van der Waals surface area contributed by atoms with Crippen molar-refractivity contribution in [2.75, 3.05) is 20.2 Å². The molecule has 1 amide bonds. The van der Waals surface area contributed by atoms with Gasteiger partial charge in [-0.1, -0.05) is 25.6 Å². The molecule has 0 aliphatic carbocycles. The van der Waals surface area contributed by atoms with Crippen LogP contribution in [0.5, 0.6) is 0 Å². The molecule has 1 rings (SSSR count). The molecule has 1 saturated heterocycles. The van der Waals surface area contributed by atoms with Crippen LogP contribution in [0.3, 0.4) is 0 Å². The molecule has 5 heteroatoms. The van der Waals surface area contributed by atoms with Crippen molar-refractivity contribution in [3.05, 3.63) is 0 Å². The second kappa shape index (κ2) is 5.78. The number of nitrogens with zero attached hydrogens (tertiary/aromatic N) is 1. The highest BCUT2D eigenvalue weighted by molar-refractivity contribution is 6.83. The van der Waals surface area contributed by atoms with Crippen LogP contribution in [0.25, 0.3) is 0 Å². The Morgan fingerprint density at radius 2 is 1.90 bits per heavy atom. The summed E-state index contributed by atoms with van der Waals surface area (Å²) in [5.74, 6) is 3.27. The zero-order valence-corrected chi connectivity index (χ0v) is 14.8. The summed E-state index contributed by atoms with van der Waals surface area (Å²) in [6.45, 7) is 13.3. The number of likely N-dealkylation sites (tertiary alicyclic amines) is 1. The van der Waals surface area contributed by atoms with Crippen molar-refractivity contribution in [2.45, 2.75) is 58.0 Å². The van der Waals surface area contributed by atoms with E-state index in [9.17, 15) is 4.79 Å². The molecular weight excluding hydrogens is 270 g/mol. The molecule has 0 spiro atoms. The molecule has 1 aliphatic heterocycles. The maximum atomic E-state index is 12.1. The van der Waals surface area contributed by atoms with Gasteiger partial charge in [-0.15, -0.1) is 5.54 Å². The average Bonchev–Trinajstić information content (AvgIpc) is 2.68. The fraction of sp³-hybridized carbons (Fsp3) is 0.800. The first kappa shape index (κ1) is 17.1. The van der Waals surface area contributed by atoms with Gasteiger partial charge < -0.3 is 14.4 Å². The van der Waals surface area contributed by atoms with Crippen molar-refractivity contribution in [2.24, 2.45) is 0 Å². The summed E-state index contributed by atoms with van der Waals surface area (Å²) in [5, 5.41) is 0. The van der Waals surface area contributed by atoms with Crippen LogP contribution in [0.4, 0.5) is 4.79 Å². The smallest absolute Gasteiger partial charge is 0.410 e. The van der Waals surface area contributed by atoms with Crippen LogP contribution in [0.1, 0.15) is 27.2 Å². The van der Waals surface area contributed by atoms with Crippen LogP contribution < -0.4 is 0 Å². The van der Waals surface area contributed by atoms with Crippen LogP contribution in [0.2, 0.25) is 19.6 Å². The van der Waals surface area contributed by atoms with Crippen LogP contribution >= 0.6 is 0 Å². The molecule has 0 bridgehead atoms. The third-order valence-electron chi connectivity index (χ3n) is 2.94. The molecule has 1 heterocycles. The van der Waals surface area contributed by atoms with Gasteiger partial charge in [0.25, 0.3) is 0 Å². The summed E-state index contributed by atoms with van der Waals surface area (Å²) in [4.78, 5) is 13.8. The molecular formula is C15H27NO3Si. The topological polar surface area (TPSA) is 38.8 Å². The minimum atomic E-state index is -1.45. The fourth-order valence-electron chi connectivity index (χ4n) is 1.89. The predicted octanol–water partition coefficient (Wildman–Crippen LogP) is 2.89. The van der Waals surface area contributed by atoms with E-state index in [-0.39, 0.29) is 6.09 Å². The second-order valence-electron chi connectivity index (χ2n) is 7.35. The van der Waals surface area contributed by atoms with E-state index in [1.165, 1.54) is 0 Å². The molecule has 1 fully saturated rings. The van der Waals surface area contributed by atoms with E-state index in [4.69, 9.17) is 9.47 Å². The third kappa shape index (κ3) is 5.18. The van der Waals surface area contributed by atoms with Gasteiger partial charge in [-0.05, 0) is 20.8 Å². The van der Waals surface area contributed by atoms with Gasteiger partial charge in [0, 0.05) is 20.1 Å². The largest absolute Gasteiger partial charge is 0.444 e. The van der Waals surface area contributed by atoms with Crippen LogP contribution in [0, 0.1) is 11.5 Å². The van der Waals surface area contributed by atoms with Crippen molar-refractivity contribution >= 4 is 14.2 Å². The zero-order chi connectivity index (χ0) is 15.6. The number of rotatable bonds is 1. The Morgan fingerprint density at radius 3 is 2.35 bits per heavy atom. The first-order valence-corrected chi connectivity index (χ1v) is 10.5. The maximum Gasteiger partial charge on any atom is 0.410 e. The molecule has 1 unspecified atom stereocenters. The summed E-state index contributed by atoms with van der Waals surface area (Å²) in [7, 11) is 0.213. The van der Waals surface area contributed by atoms with E-state index in [1.807, 2.05) is 20.8 Å². The molecule has 4 nitrogen and oxygen atoms in total. The summed E-state index contributed by atoms with van der Waals surface area (Å²) in [5.41, 5.74) is 2.35. The highest BCUT2D eigenvalue weighted by atomic mass is 28.3. The number of carbonyl (C=O) groups excluding carboxylic acids is 1. The highest BCUT2D eigenvalue weighted by Crippen LogP contribution is 2.26. The number of ether oxygens (including phenoxy) is 2. The number of carbonyl (C=O) groups is 1. The van der Waals surface area contributed by atoms with Gasteiger partial charge in [0.05, 0.1) is 6.54 Å². The molecule has 1 aliphatic rings. The normalized spacial score (nSPS) is 23.2. The van der Waals surface area contributed by atoms with Crippen LogP contribution in [0.15, 0.2) is 0 Å². The summed E-state index contributed by atoms with van der Waals surface area (Å²) in [6.07, 6.45) is 0.450. The molecule has 0 aromatic carbocycles.